The van der Waals surface area contributed by atoms with Crippen LogP contribution in [0.4, 0.5) is 0 Å². The number of allylic oxidation sites excluding steroid dienone is 1. The first kappa shape index (κ1) is 7.47. The van der Waals surface area contributed by atoms with Gasteiger partial charge in [0.1, 0.15) is 0 Å². The lowest BCUT2D eigenvalue weighted by atomic mass is 10.2. The Bertz CT molecular complexity index is 212. The van der Waals surface area contributed by atoms with Crippen LogP contribution in [0.2, 0.25) is 0 Å². The molecule has 0 aromatic carbocycles. The smallest absolute Gasteiger partial charge is 0.343 e. The van der Waals surface area contributed by atoms with Crippen LogP contribution in [0.15, 0.2) is 17.1 Å². The molecule has 0 saturated heterocycles. The zero-order valence-corrected chi connectivity index (χ0v) is 6.71. The van der Waals surface area contributed by atoms with E-state index in [1.165, 1.54) is 6.21 Å². The molecule has 0 spiro atoms. The van der Waals surface area contributed by atoms with E-state index in [1.807, 2.05) is 0 Å². The second-order valence-corrected chi connectivity index (χ2v) is 3.29. The summed E-state index contributed by atoms with van der Waals surface area (Å²) in [6.45, 7) is 0. The highest BCUT2D eigenvalue weighted by atomic mass is 79.9. The van der Waals surface area contributed by atoms with Gasteiger partial charge in [-0.05, 0) is 22.0 Å². The summed E-state index contributed by atoms with van der Waals surface area (Å²) in [5.74, 6) is -0.951. The van der Waals surface area contributed by atoms with E-state index >= 15 is 0 Å². The van der Waals surface area contributed by atoms with Crippen molar-refractivity contribution in [3.8, 4) is 0 Å². The van der Waals surface area contributed by atoms with E-state index < -0.39 is 10.4 Å². The number of aliphatic imine (C=N–C) groups is 1. The highest BCUT2D eigenvalue weighted by molar-refractivity contribution is 9.10. The predicted molar refractivity (Wildman–Crippen MR) is 41.5 cm³/mol. The van der Waals surface area contributed by atoms with E-state index in [1.54, 1.807) is 12.2 Å². The molecule has 54 valence electrons. The van der Waals surface area contributed by atoms with Crippen LogP contribution in [0.25, 0.3) is 0 Å². The van der Waals surface area contributed by atoms with Crippen molar-refractivity contribution >= 4 is 28.1 Å². The van der Waals surface area contributed by atoms with Gasteiger partial charge in [-0.2, -0.15) is 0 Å². The number of nitrogens with zero attached hydrogens (tertiary/aromatic N) is 1. The van der Waals surface area contributed by atoms with Gasteiger partial charge in [0, 0.05) is 12.6 Å². The third-order valence-electron chi connectivity index (χ3n) is 1.22. The Hall–Kier alpha value is -0.640. The van der Waals surface area contributed by atoms with E-state index in [2.05, 4.69) is 20.9 Å². The van der Waals surface area contributed by atoms with Crippen molar-refractivity contribution in [1.82, 2.24) is 0 Å². The summed E-state index contributed by atoms with van der Waals surface area (Å²) in [5.41, 5.74) is 0. The van der Waals surface area contributed by atoms with Crippen LogP contribution in [0.1, 0.15) is 6.42 Å². The van der Waals surface area contributed by atoms with Gasteiger partial charge >= 0.3 is 5.97 Å². The molecule has 0 fully saturated rings. The lowest BCUT2D eigenvalue weighted by Gasteiger charge is -2.16. The Kier molecular flexibility index (Phi) is 1.89. The molecule has 1 heterocycles. The largest absolute Gasteiger partial charge is 0.479 e. The minimum atomic E-state index is -1.11. The lowest BCUT2D eigenvalue weighted by molar-refractivity contribution is -0.139. The summed E-state index contributed by atoms with van der Waals surface area (Å²) in [6.07, 6.45) is 5.36. The molecule has 3 nitrogen and oxygen atoms in total. The minimum absolute atomic E-state index is 0.402. The third-order valence-corrected chi connectivity index (χ3v) is 2.09. The topological polar surface area (TPSA) is 49.7 Å². The number of carboxylic acids is 1. The summed E-state index contributed by atoms with van der Waals surface area (Å²) < 4.78 is -1.11. The molecule has 0 aromatic rings. The molecule has 1 unspecified atom stereocenters. The van der Waals surface area contributed by atoms with Crippen molar-refractivity contribution in [2.75, 3.05) is 0 Å². The van der Waals surface area contributed by atoms with Crippen LogP contribution in [0.3, 0.4) is 0 Å². The number of rotatable bonds is 1. The van der Waals surface area contributed by atoms with Crippen molar-refractivity contribution in [2.24, 2.45) is 4.99 Å². The number of carboxylic acid groups (broad SMARTS) is 1. The number of halogens is 1. The summed E-state index contributed by atoms with van der Waals surface area (Å²) >= 11 is 3.01. The molecular weight excluding hydrogens is 198 g/mol. The minimum Gasteiger partial charge on any atom is -0.479 e. The average Bonchev–Trinajstić information content (AvgIpc) is 1.89. The van der Waals surface area contributed by atoms with Gasteiger partial charge in [0.15, 0.2) is 0 Å². The molecule has 0 saturated carbocycles. The van der Waals surface area contributed by atoms with Gasteiger partial charge < -0.3 is 5.11 Å². The molecule has 0 amide bonds. The number of hydrogen-bond acceptors (Lipinski definition) is 2. The van der Waals surface area contributed by atoms with Crippen LogP contribution >= 0.6 is 15.9 Å². The van der Waals surface area contributed by atoms with Gasteiger partial charge in [-0.25, -0.2) is 4.79 Å². The lowest BCUT2D eigenvalue weighted by Crippen LogP contribution is -2.29. The Morgan fingerprint density at radius 3 is 2.80 bits per heavy atom. The van der Waals surface area contributed by atoms with Gasteiger partial charge in [0.2, 0.25) is 4.45 Å². The van der Waals surface area contributed by atoms with Crippen LogP contribution in [-0.2, 0) is 4.79 Å². The van der Waals surface area contributed by atoms with Crippen LogP contribution in [-0.4, -0.2) is 21.7 Å². The summed E-state index contributed by atoms with van der Waals surface area (Å²) in [7, 11) is 0. The Morgan fingerprint density at radius 1 is 1.80 bits per heavy atom. The average molecular weight is 204 g/mol. The fourth-order valence-electron chi connectivity index (χ4n) is 0.641. The van der Waals surface area contributed by atoms with Crippen LogP contribution < -0.4 is 0 Å². The maximum atomic E-state index is 10.5. The standard InChI is InChI=1S/C6H6BrNO2/c7-6(5(9)10)3-1-2-4-8-6/h1-2,4H,3H2,(H,9,10). The second kappa shape index (κ2) is 2.54. The zero-order valence-electron chi connectivity index (χ0n) is 5.12. The number of alkyl halides is 1. The third kappa shape index (κ3) is 1.26. The number of hydrogen-bond donors (Lipinski definition) is 1. The first-order valence-electron chi connectivity index (χ1n) is 2.78. The molecule has 0 aromatic heterocycles. The first-order chi connectivity index (χ1) is 4.65. The molecule has 1 N–H and O–H groups in total. The molecule has 4 heteroatoms. The van der Waals surface area contributed by atoms with Crippen LogP contribution in [0.5, 0.6) is 0 Å². The van der Waals surface area contributed by atoms with Crippen molar-refractivity contribution in [3.63, 3.8) is 0 Å². The summed E-state index contributed by atoms with van der Waals surface area (Å²) in [5, 5.41) is 8.60. The highest BCUT2D eigenvalue weighted by Gasteiger charge is 2.33. The van der Waals surface area contributed by atoms with Crippen LogP contribution in [0, 0.1) is 0 Å². The van der Waals surface area contributed by atoms with Crippen molar-refractivity contribution in [2.45, 2.75) is 10.9 Å². The summed E-state index contributed by atoms with van der Waals surface area (Å²) in [6, 6.07) is 0. The van der Waals surface area contributed by atoms with E-state index in [-0.39, 0.29) is 0 Å². The molecule has 0 radical (unpaired) electrons. The molecule has 1 atom stereocenters. The van der Waals surface area contributed by atoms with Gasteiger partial charge in [-0.1, -0.05) is 6.08 Å². The Balaban J connectivity index is 2.80. The van der Waals surface area contributed by atoms with Gasteiger partial charge in [0.25, 0.3) is 0 Å². The first-order valence-corrected chi connectivity index (χ1v) is 3.57. The van der Waals surface area contributed by atoms with Crippen molar-refractivity contribution in [1.29, 1.82) is 0 Å². The zero-order chi connectivity index (χ0) is 7.61. The molecule has 1 rings (SSSR count). The highest BCUT2D eigenvalue weighted by Crippen LogP contribution is 2.26. The molecule has 0 aliphatic carbocycles. The van der Waals surface area contributed by atoms with E-state index in [9.17, 15) is 4.79 Å². The molecule has 1 aliphatic heterocycles. The van der Waals surface area contributed by atoms with Crippen molar-refractivity contribution in [3.05, 3.63) is 12.2 Å². The number of aliphatic carboxylic acids is 1. The fraction of sp³-hybridized carbons (Fsp3) is 0.333. The molecule has 10 heavy (non-hydrogen) atoms. The Labute approximate surface area is 66.6 Å². The molecule has 1 aliphatic rings. The molecular formula is C6H6BrNO2. The SMILES string of the molecule is O=C(O)C1(Br)CC=CC=N1. The maximum Gasteiger partial charge on any atom is 0.343 e. The normalized spacial score (nSPS) is 30.5. The number of carbonyl (C=O) groups is 1. The fourth-order valence-corrected chi connectivity index (χ4v) is 0.947. The van der Waals surface area contributed by atoms with E-state index in [0.29, 0.717) is 6.42 Å². The Morgan fingerprint density at radius 2 is 2.50 bits per heavy atom. The van der Waals surface area contributed by atoms with E-state index in [0.717, 1.165) is 0 Å². The number of dihydropyridines is 1. The van der Waals surface area contributed by atoms with Gasteiger partial charge in [-0.3, -0.25) is 4.99 Å². The second-order valence-electron chi connectivity index (χ2n) is 1.97. The summed E-state index contributed by atoms with van der Waals surface area (Å²) in [4.78, 5) is 14.2. The van der Waals surface area contributed by atoms with Crippen molar-refractivity contribution < 1.29 is 9.90 Å². The van der Waals surface area contributed by atoms with E-state index in [4.69, 9.17) is 5.11 Å². The predicted octanol–water partition coefficient (Wildman–Crippen LogP) is 1.19. The maximum absolute atomic E-state index is 10.5. The van der Waals surface area contributed by atoms with Gasteiger partial charge in [0.05, 0.1) is 0 Å². The monoisotopic (exact) mass is 203 g/mol. The molecule has 0 bridgehead atoms. The van der Waals surface area contributed by atoms with Gasteiger partial charge in [-0.15, -0.1) is 0 Å². The quantitative estimate of drug-likeness (QED) is 0.515.